The summed E-state index contributed by atoms with van der Waals surface area (Å²) in [5.41, 5.74) is 1.83. The Labute approximate surface area is 152 Å². The summed E-state index contributed by atoms with van der Waals surface area (Å²) >= 11 is 3.34. The van der Waals surface area contributed by atoms with Gasteiger partial charge in [-0.3, -0.25) is 4.79 Å². The molecule has 0 bridgehead atoms. The lowest BCUT2D eigenvalue weighted by atomic mass is 10.1. The van der Waals surface area contributed by atoms with Crippen molar-refractivity contribution in [2.45, 2.75) is 46.6 Å². The van der Waals surface area contributed by atoms with Crippen LogP contribution < -0.4 is 4.74 Å². The molecular weight excluding hydrogens is 372 g/mol. The molecule has 5 heteroatoms. The van der Waals surface area contributed by atoms with Crippen molar-refractivity contribution >= 4 is 21.9 Å². The number of aliphatic hydroxyl groups is 1. The van der Waals surface area contributed by atoms with Gasteiger partial charge in [-0.25, -0.2) is 0 Å². The molecule has 4 nitrogen and oxygen atoms in total. The maximum Gasteiger partial charge on any atom is 0.310 e. The van der Waals surface area contributed by atoms with Crippen LogP contribution >= 0.6 is 15.9 Å². The number of hydrogen-bond acceptors (Lipinski definition) is 4. The van der Waals surface area contributed by atoms with Crippen molar-refractivity contribution in [3.05, 3.63) is 51.7 Å². The van der Waals surface area contributed by atoms with Crippen molar-refractivity contribution in [1.82, 2.24) is 0 Å². The molecule has 132 valence electrons. The van der Waals surface area contributed by atoms with Crippen LogP contribution in [-0.4, -0.2) is 23.8 Å². The van der Waals surface area contributed by atoms with E-state index in [9.17, 15) is 9.90 Å². The van der Waals surface area contributed by atoms with Crippen LogP contribution in [0.5, 0.6) is 5.75 Å². The van der Waals surface area contributed by atoms with Gasteiger partial charge in [0.15, 0.2) is 0 Å². The summed E-state index contributed by atoms with van der Waals surface area (Å²) in [7, 11) is 0. The molecule has 0 radical (unpaired) electrons. The smallest absolute Gasteiger partial charge is 0.310 e. The third kappa shape index (κ3) is 6.40. The summed E-state index contributed by atoms with van der Waals surface area (Å²) in [6.07, 6.45) is 2.64. The second-order valence-electron chi connectivity index (χ2n) is 5.36. The van der Waals surface area contributed by atoms with E-state index in [-0.39, 0.29) is 24.3 Å². The van der Waals surface area contributed by atoms with Gasteiger partial charge in [0.05, 0.1) is 17.5 Å². The Balaban J connectivity index is 2.95. The Kier molecular flexibility index (Phi) is 8.61. The van der Waals surface area contributed by atoms with Crippen LogP contribution in [0.25, 0.3) is 0 Å². The zero-order valence-electron chi connectivity index (χ0n) is 14.6. The second-order valence-corrected chi connectivity index (χ2v) is 6.21. The lowest BCUT2D eigenvalue weighted by molar-refractivity contribution is -0.142. The van der Waals surface area contributed by atoms with Crippen molar-refractivity contribution < 1.29 is 19.4 Å². The van der Waals surface area contributed by atoms with E-state index in [2.05, 4.69) is 15.9 Å². The zero-order chi connectivity index (χ0) is 18.1. The molecule has 0 amide bonds. The van der Waals surface area contributed by atoms with Gasteiger partial charge in [0.1, 0.15) is 17.6 Å². The van der Waals surface area contributed by atoms with Crippen LogP contribution in [0.3, 0.4) is 0 Å². The van der Waals surface area contributed by atoms with E-state index in [1.54, 1.807) is 13.8 Å². The lowest BCUT2D eigenvalue weighted by Gasteiger charge is -2.19. The lowest BCUT2D eigenvalue weighted by Crippen LogP contribution is -2.17. The minimum absolute atomic E-state index is 0.182. The van der Waals surface area contributed by atoms with E-state index >= 15 is 0 Å². The van der Waals surface area contributed by atoms with Crippen molar-refractivity contribution in [2.75, 3.05) is 6.61 Å². The number of carbonyl (C=O) groups excluding carboxylic acids is 1. The Hall–Kier alpha value is -1.75. The van der Waals surface area contributed by atoms with Crippen LogP contribution in [0, 0.1) is 0 Å². The molecule has 1 atom stereocenters. The van der Waals surface area contributed by atoms with Crippen molar-refractivity contribution in [3.8, 4) is 5.75 Å². The highest BCUT2D eigenvalue weighted by molar-refractivity contribution is 9.11. The van der Waals surface area contributed by atoms with E-state index < -0.39 is 0 Å². The van der Waals surface area contributed by atoms with Gasteiger partial charge in [0.2, 0.25) is 0 Å². The number of ether oxygens (including phenoxy) is 2. The number of hydrogen-bond donors (Lipinski definition) is 1. The Morgan fingerprint density at radius 3 is 2.58 bits per heavy atom. The molecule has 0 aromatic heterocycles. The van der Waals surface area contributed by atoms with Crippen LogP contribution in [0.4, 0.5) is 0 Å². The monoisotopic (exact) mass is 396 g/mol. The standard InChI is InChI=1S/C19H25BrO4/c1-5-15(11-17(20)13(3)21)14(4)24-18-10-8-7-9-16(18)12-19(22)23-6-2/h7-11,14,21H,5-6,12H2,1-4H3/b15-11+,17-13-. The van der Waals surface area contributed by atoms with Crippen molar-refractivity contribution in [2.24, 2.45) is 0 Å². The van der Waals surface area contributed by atoms with Gasteiger partial charge in [-0.15, -0.1) is 0 Å². The summed E-state index contributed by atoms with van der Waals surface area (Å²) < 4.78 is 11.7. The molecule has 0 saturated heterocycles. The molecule has 1 N–H and O–H groups in total. The number of carbonyl (C=O) groups is 1. The average molecular weight is 397 g/mol. The quantitative estimate of drug-likeness (QED) is 0.378. The second kappa shape index (κ2) is 10.2. The highest BCUT2D eigenvalue weighted by Gasteiger charge is 2.14. The van der Waals surface area contributed by atoms with E-state index in [0.29, 0.717) is 16.8 Å². The first-order valence-corrected chi connectivity index (χ1v) is 8.84. The molecule has 0 aliphatic heterocycles. The highest BCUT2D eigenvalue weighted by Crippen LogP contribution is 2.25. The predicted octanol–water partition coefficient (Wildman–Crippen LogP) is 5.08. The van der Waals surface area contributed by atoms with Crippen molar-refractivity contribution in [3.63, 3.8) is 0 Å². The van der Waals surface area contributed by atoms with E-state index in [1.165, 1.54) is 0 Å². The van der Waals surface area contributed by atoms with Crippen LogP contribution in [0.1, 0.15) is 39.7 Å². The van der Waals surface area contributed by atoms with E-state index in [0.717, 1.165) is 17.6 Å². The Bertz CT molecular complexity index is 616. The maximum atomic E-state index is 11.7. The fraction of sp³-hybridized carbons (Fsp3) is 0.421. The number of aliphatic hydroxyl groups excluding tert-OH is 1. The molecule has 0 spiro atoms. The first-order valence-electron chi connectivity index (χ1n) is 8.04. The minimum Gasteiger partial charge on any atom is -0.511 e. The first-order chi connectivity index (χ1) is 11.4. The average Bonchev–Trinajstić information content (AvgIpc) is 2.54. The Morgan fingerprint density at radius 1 is 1.33 bits per heavy atom. The summed E-state index contributed by atoms with van der Waals surface area (Å²) in [4.78, 5) is 11.7. The Morgan fingerprint density at radius 2 is 2.00 bits per heavy atom. The molecule has 1 rings (SSSR count). The number of para-hydroxylation sites is 1. The SMILES string of the molecule is CCOC(=O)Cc1ccccc1OC(C)/C(=C/C(Br)=C(\C)O)CC. The highest BCUT2D eigenvalue weighted by atomic mass is 79.9. The zero-order valence-corrected chi connectivity index (χ0v) is 16.2. The summed E-state index contributed by atoms with van der Waals surface area (Å²) in [5, 5.41) is 9.53. The largest absolute Gasteiger partial charge is 0.511 e. The predicted molar refractivity (Wildman–Crippen MR) is 99.5 cm³/mol. The molecule has 0 aliphatic carbocycles. The van der Waals surface area contributed by atoms with Gasteiger partial charge >= 0.3 is 5.97 Å². The maximum absolute atomic E-state index is 11.7. The van der Waals surface area contributed by atoms with E-state index in [1.807, 2.05) is 44.2 Å². The van der Waals surface area contributed by atoms with Gasteiger partial charge in [-0.2, -0.15) is 0 Å². The number of halogens is 1. The third-order valence-corrected chi connectivity index (χ3v) is 4.31. The van der Waals surface area contributed by atoms with Crippen LogP contribution in [0.2, 0.25) is 0 Å². The normalized spacial score (nSPS) is 14.0. The van der Waals surface area contributed by atoms with Gasteiger partial charge in [0, 0.05) is 5.56 Å². The molecule has 24 heavy (non-hydrogen) atoms. The molecule has 1 aromatic rings. The molecule has 0 fully saturated rings. The van der Waals surface area contributed by atoms with Crippen LogP contribution in [-0.2, 0) is 16.0 Å². The van der Waals surface area contributed by atoms with E-state index in [4.69, 9.17) is 9.47 Å². The van der Waals surface area contributed by atoms with Crippen molar-refractivity contribution in [1.29, 1.82) is 0 Å². The van der Waals surface area contributed by atoms with Crippen LogP contribution in [0.15, 0.2) is 46.2 Å². The summed E-state index contributed by atoms with van der Waals surface area (Å²) in [5.74, 6) is 0.614. The fourth-order valence-electron chi connectivity index (χ4n) is 2.17. The number of benzene rings is 1. The summed E-state index contributed by atoms with van der Waals surface area (Å²) in [6, 6.07) is 7.46. The molecule has 1 unspecified atom stereocenters. The molecular formula is C19H25BrO4. The molecule has 0 heterocycles. The van der Waals surface area contributed by atoms with Gasteiger partial charge in [-0.05, 0) is 60.8 Å². The van der Waals surface area contributed by atoms with Gasteiger partial charge in [-0.1, -0.05) is 25.1 Å². The topological polar surface area (TPSA) is 55.8 Å². The number of allylic oxidation sites excluding steroid dienone is 3. The third-order valence-electron chi connectivity index (χ3n) is 3.50. The first kappa shape index (κ1) is 20.3. The molecule has 0 saturated carbocycles. The molecule has 1 aromatic carbocycles. The van der Waals surface area contributed by atoms with Gasteiger partial charge < -0.3 is 14.6 Å². The van der Waals surface area contributed by atoms with Gasteiger partial charge in [0.25, 0.3) is 0 Å². The number of rotatable bonds is 8. The summed E-state index contributed by atoms with van der Waals surface area (Å²) in [6.45, 7) is 7.75. The fourth-order valence-corrected chi connectivity index (χ4v) is 2.47. The molecule has 0 aliphatic rings. The number of esters is 1. The minimum atomic E-state index is -0.269.